The lowest BCUT2D eigenvalue weighted by Gasteiger charge is -2.35. The molecule has 3 atom stereocenters. The Labute approximate surface area is 130 Å². The van der Waals surface area contributed by atoms with Crippen molar-refractivity contribution >= 4 is 11.8 Å². The number of piperidine rings is 1. The maximum absolute atomic E-state index is 14.0. The summed E-state index contributed by atoms with van der Waals surface area (Å²) in [5.41, 5.74) is 1.18. The largest absolute Gasteiger partial charge is 0.305 e. The number of benzene rings is 1. The first-order chi connectivity index (χ1) is 10.3. The Morgan fingerprint density at radius 3 is 3.05 bits per heavy atom. The van der Waals surface area contributed by atoms with Crippen molar-refractivity contribution in [2.45, 2.75) is 55.1 Å². The standard InChI is InChI=1S/C17H23FN2S/c18-13-5-3-4-12-14(8-11-21-17(12)13)19-15-7-10-20-9-2-1-6-16(15)20/h3-5,14-16,19H,1-2,6-11H2. The van der Waals surface area contributed by atoms with E-state index in [0.717, 1.165) is 17.1 Å². The molecule has 0 saturated carbocycles. The van der Waals surface area contributed by atoms with Gasteiger partial charge in [-0.05, 0) is 49.6 Å². The Hall–Kier alpha value is -0.580. The average Bonchev–Trinajstić information content (AvgIpc) is 2.92. The number of nitrogens with zero attached hydrogens (tertiary/aromatic N) is 1. The molecular formula is C17H23FN2S. The van der Waals surface area contributed by atoms with Gasteiger partial charge in [0, 0.05) is 29.6 Å². The Morgan fingerprint density at radius 1 is 1.14 bits per heavy atom. The average molecular weight is 306 g/mol. The first-order valence-corrected chi connectivity index (χ1v) is 9.23. The third kappa shape index (κ3) is 2.62. The molecule has 4 rings (SSSR count). The molecular weight excluding hydrogens is 283 g/mol. The van der Waals surface area contributed by atoms with E-state index in [4.69, 9.17) is 0 Å². The zero-order chi connectivity index (χ0) is 14.2. The summed E-state index contributed by atoms with van der Waals surface area (Å²) >= 11 is 1.67. The van der Waals surface area contributed by atoms with Crippen molar-refractivity contribution in [2.24, 2.45) is 0 Å². The second-order valence-corrected chi connectivity index (χ2v) is 7.61. The highest BCUT2D eigenvalue weighted by Crippen LogP contribution is 2.39. The van der Waals surface area contributed by atoms with Gasteiger partial charge >= 0.3 is 0 Å². The highest BCUT2D eigenvalue weighted by atomic mass is 32.2. The Balaban J connectivity index is 1.52. The van der Waals surface area contributed by atoms with Gasteiger partial charge in [0.05, 0.1) is 0 Å². The highest BCUT2D eigenvalue weighted by Gasteiger charge is 2.37. The summed E-state index contributed by atoms with van der Waals surface area (Å²) in [6, 6.07) is 7.20. The van der Waals surface area contributed by atoms with Crippen LogP contribution in [0.5, 0.6) is 0 Å². The summed E-state index contributed by atoms with van der Waals surface area (Å²) in [5, 5.41) is 3.88. The molecule has 0 bridgehead atoms. The van der Waals surface area contributed by atoms with Gasteiger partial charge in [0.2, 0.25) is 0 Å². The lowest BCUT2D eigenvalue weighted by molar-refractivity contribution is 0.176. The molecule has 0 aromatic heterocycles. The van der Waals surface area contributed by atoms with Crippen molar-refractivity contribution in [3.8, 4) is 0 Å². The summed E-state index contributed by atoms with van der Waals surface area (Å²) in [5.74, 6) is 0.974. The molecule has 1 N–H and O–H groups in total. The third-order valence-electron chi connectivity index (χ3n) is 5.30. The fraction of sp³-hybridized carbons (Fsp3) is 0.647. The zero-order valence-electron chi connectivity index (χ0n) is 12.4. The topological polar surface area (TPSA) is 15.3 Å². The van der Waals surface area contributed by atoms with Crippen LogP contribution < -0.4 is 5.32 Å². The quantitative estimate of drug-likeness (QED) is 0.899. The summed E-state index contributed by atoms with van der Waals surface area (Å²) in [4.78, 5) is 3.53. The van der Waals surface area contributed by atoms with Crippen molar-refractivity contribution in [1.82, 2.24) is 10.2 Å². The molecule has 1 aromatic carbocycles. The molecule has 0 aliphatic carbocycles. The van der Waals surface area contributed by atoms with E-state index in [-0.39, 0.29) is 5.82 Å². The number of rotatable bonds is 2. The van der Waals surface area contributed by atoms with Crippen molar-refractivity contribution in [1.29, 1.82) is 0 Å². The van der Waals surface area contributed by atoms with Gasteiger partial charge < -0.3 is 5.32 Å². The molecule has 21 heavy (non-hydrogen) atoms. The first-order valence-electron chi connectivity index (χ1n) is 8.24. The van der Waals surface area contributed by atoms with Crippen LogP contribution in [0.15, 0.2) is 23.1 Å². The smallest absolute Gasteiger partial charge is 0.137 e. The fourth-order valence-electron chi connectivity index (χ4n) is 4.26. The van der Waals surface area contributed by atoms with Crippen LogP contribution in [0.2, 0.25) is 0 Å². The van der Waals surface area contributed by atoms with E-state index >= 15 is 0 Å². The number of hydrogen-bond acceptors (Lipinski definition) is 3. The molecule has 3 aliphatic heterocycles. The molecule has 2 fully saturated rings. The van der Waals surface area contributed by atoms with Gasteiger partial charge in [-0.15, -0.1) is 11.8 Å². The summed E-state index contributed by atoms with van der Waals surface area (Å²) in [6.07, 6.45) is 6.42. The highest BCUT2D eigenvalue weighted by molar-refractivity contribution is 7.99. The molecule has 2 nitrogen and oxygen atoms in total. The van der Waals surface area contributed by atoms with Gasteiger partial charge in [0.25, 0.3) is 0 Å². The number of hydrogen-bond donors (Lipinski definition) is 1. The van der Waals surface area contributed by atoms with Crippen LogP contribution >= 0.6 is 11.8 Å². The van der Waals surface area contributed by atoms with E-state index in [0.29, 0.717) is 18.1 Å². The van der Waals surface area contributed by atoms with Gasteiger partial charge in [0.1, 0.15) is 5.82 Å². The maximum Gasteiger partial charge on any atom is 0.137 e. The van der Waals surface area contributed by atoms with Crippen LogP contribution in [0, 0.1) is 5.82 Å². The van der Waals surface area contributed by atoms with Crippen molar-refractivity contribution in [2.75, 3.05) is 18.8 Å². The minimum absolute atomic E-state index is 0.0466. The van der Waals surface area contributed by atoms with Crippen LogP contribution in [0.3, 0.4) is 0 Å². The molecule has 3 aliphatic rings. The number of halogens is 1. The van der Waals surface area contributed by atoms with E-state index in [1.165, 1.54) is 44.3 Å². The minimum Gasteiger partial charge on any atom is -0.305 e. The second kappa shape index (κ2) is 5.90. The molecule has 0 radical (unpaired) electrons. The van der Waals surface area contributed by atoms with Crippen LogP contribution in [-0.4, -0.2) is 35.8 Å². The molecule has 3 heterocycles. The van der Waals surface area contributed by atoms with E-state index < -0.39 is 0 Å². The third-order valence-corrected chi connectivity index (χ3v) is 6.46. The predicted octanol–water partition coefficient (Wildman–Crippen LogP) is 3.58. The molecule has 2 saturated heterocycles. The SMILES string of the molecule is Fc1cccc2c1SCCC2NC1CCN2CCCCC12. The van der Waals surface area contributed by atoms with Crippen molar-refractivity contribution < 1.29 is 4.39 Å². The minimum atomic E-state index is -0.0466. The zero-order valence-corrected chi connectivity index (χ0v) is 13.2. The number of fused-ring (bicyclic) bond motifs is 2. The monoisotopic (exact) mass is 306 g/mol. The molecule has 114 valence electrons. The van der Waals surface area contributed by atoms with E-state index in [1.807, 2.05) is 6.07 Å². The Bertz CT molecular complexity index is 522. The van der Waals surface area contributed by atoms with Crippen LogP contribution in [0.4, 0.5) is 4.39 Å². The number of thioether (sulfide) groups is 1. The van der Waals surface area contributed by atoms with E-state index in [9.17, 15) is 4.39 Å². The van der Waals surface area contributed by atoms with Gasteiger partial charge in [-0.3, -0.25) is 4.90 Å². The molecule has 0 amide bonds. The first kappa shape index (κ1) is 14.0. The second-order valence-electron chi connectivity index (χ2n) is 6.51. The van der Waals surface area contributed by atoms with Crippen molar-refractivity contribution in [3.05, 3.63) is 29.6 Å². The normalized spacial score (nSPS) is 32.7. The van der Waals surface area contributed by atoms with E-state index in [1.54, 1.807) is 17.8 Å². The van der Waals surface area contributed by atoms with Gasteiger partial charge in [-0.25, -0.2) is 4.39 Å². The van der Waals surface area contributed by atoms with Gasteiger partial charge in [-0.1, -0.05) is 18.6 Å². The van der Waals surface area contributed by atoms with Crippen LogP contribution in [0.25, 0.3) is 0 Å². The summed E-state index contributed by atoms with van der Waals surface area (Å²) in [6.45, 7) is 2.51. The Kier molecular flexibility index (Phi) is 3.94. The fourth-order valence-corrected chi connectivity index (χ4v) is 5.40. The summed E-state index contributed by atoms with van der Waals surface area (Å²) in [7, 11) is 0. The van der Waals surface area contributed by atoms with Crippen molar-refractivity contribution in [3.63, 3.8) is 0 Å². The van der Waals surface area contributed by atoms with Crippen LogP contribution in [0.1, 0.15) is 43.7 Å². The predicted molar refractivity (Wildman–Crippen MR) is 85.2 cm³/mol. The lowest BCUT2D eigenvalue weighted by atomic mass is 9.96. The lowest BCUT2D eigenvalue weighted by Crippen LogP contribution is -2.46. The molecule has 1 aromatic rings. The number of nitrogens with one attached hydrogen (secondary N) is 1. The summed E-state index contributed by atoms with van der Waals surface area (Å²) < 4.78 is 14.0. The molecule has 3 unspecified atom stereocenters. The molecule has 0 spiro atoms. The van der Waals surface area contributed by atoms with Gasteiger partial charge in [0.15, 0.2) is 0 Å². The Morgan fingerprint density at radius 2 is 2.10 bits per heavy atom. The van der Waals surface area contributed by atoms with Gasteiger partial charge in [-0.2, -0.15) is 0 Å². The van der Waals surface area contributed by atoms with E-state index in [2.05, 4.69) is 16.3 Å². The maximum atomic E-state index is 14.0. The van der Waals surface area contributed by atoms with Crippen LogP contribution in [-0.2, 0) is 0 Å². The molecule has 4 heteroatoms.